The van der Waals surface area contributed by atoms with Crippen LogP contribution in [0.4, 0.5) is 0 Å². The fourth-order valence-corrected chi connectivity index (χ4v) is 2.41. The first-order chi connectivity index (χ1) is 8.76. The molecule has 18 heavy (non-hydrogen) atoms. The van der Waals surface area contributed by atoms with Gasteiger partial charge in [-0.25, -0.2) is 0 Å². The maximum atomic E-state index is 5.85. The van der Waals surface area contributed by atoms with E-state index in [4.69, 9.17) is 15.2 Å². The van der Waals surface area contributed by atoms with E-state index in [9.17, 15) is 0 Å². The third kappa shape index (κ3) is 2.83. The first kappa shape index (κ1) is 13.3. The summed E-state index contributed by atoms with van der Waals surface area (Å²) in [5, 5.41) is 2.30. The van der Waals surface area contributed by atoms with Crippen LogP contribution in [-0.2, 0) is 4.74 Å². The summed E-state index contributed by atoms with van der Waals surface area (Å²) in [5.74, 6) is 0.793. The summed E-state index contributed by atoms with van der Waals surface area (Å²) in [6, 6.07) is 12.1. The van der Waals surface area contributed by atoms with Gasteiger partial charge in [0, 0.05) is 13.7 Å². The molecule has 0 heterocycles. The van der Waals surface area contributed by atoms with Crippen LogP contribution in [0.3, 0.4) is 0 Å². The number of hydrogen-bond donors (Lipinski definition) is 1. The molecule has 0 radical (unpaired) electrons. The van der Waals surface area contributed by atoms with E-state index < -0.39 is 0 Å². The summed E-state index contributed by atoms with van der Waals surface area (Å²) in [5.41, 5.74) is 5.65. The molecule has 2 aromatic rings. The van der Waals surface area contributed by atoms with E-state index in [1.54, 1.807) is 7.11 Å². The number of ether oxygens (including phenoxy) is 2. The summed E-state index contributed by atoms with van der Waals surface area (Å²) < 4.78 is 11.9. The van der Waals surface area contributed by atoms with Gasteiger partial charge in [-0.05, 0) is 32.8 Å². The van der Waals surface area contributed by atoms with Crippen molar-refractivity contribution in [2.45, 2.75) is 6.10 Å². The summed E-state index contributed by atoms with van der Waals surface area (Å²) in [6.45, 7) is 0.906. The van der Waals surface area contributed by atoms with Crippen LogP contribution in [-0.4, -0.2) is 26.4 Å². The quantitative estimate of drug-likeness (QED) is 0.923. The Bertz CT molecular complexity index is 530. The number of fused-ring (bicyclic) bond motifs is 1. The average molecular weight is 310 g/mol. The second kappa shape index (κ2) is 6.18. The number of nitrogens with two attached hydrogens (primary N) is 1. The predicted octanol–water partition coefficient (Wildman–Crippen LogP) is 2.95. The minimum Gasteiger partial charge on any atom is -0.485 e. The molecule has 0 bridgehead atoms. The molecule has 96 valence electrons. The van der Waals surface area contributed by atoms with Crippen LogP contribution in [0.2, 0.25) is 0 Å². The zero-order chi connectivity index (χ0) is 13.0. The number of rotatable bonds is 5. The van der Waals surface area contributed by atoms with Gasteiger partial charge in [-0.1, -0.05) is 30.3 Å². The molecule has 2 aromatic carbocycles. The Morgan fingerprint density at radius 3 is 2.72 bits per heavy atom. The summed E-state index contributed by atoms with van der Waals surface area (Å²) in [7, 11) is 1.64. The van der Waals surface area contributed by atoms with E-state index in [1.807, 2.05) is 24.3 Å². The highest BCUT2D eigenvalue weighted by Crippen LogP contribution is 2.33. The monoisotopic (exact) mass is 309 g/mol. The van der Waals surface area contributed by atoms with Gasteiger partial charge in [0.1, 0.15) is 11.9 Å². The van der Waals surface area contributed by atoms with E-state index in [2.05, 4.69) is 28.1 Å². The Balaban J connectivity index is 2.31. The lowest BCUT2D eigenvalue weighted by Crippen LogP contribution is -2.31. The third-order valence-electron chi connectivity index (χ3n) is 2.74. The maximum absolute atomic E-state index is 5.85. The zero-order valence-corrected chi connectivity index (χ0v) is 11.8. The van der Waals surface area contributed by atoms with Crippen molar-refractivity contribution in [3.8, 4) is 5.75 Å². The van der Waals surface area contributed by atoms with Crippen molar-refractivity contribution < 1.29 is 9.47 Å². The first-order valence-electron chi connectivity index (χ1n) is 5.79. The van der Waals surface area contributed by atoms with Crippen LogP contribution in [0, 0.1) is 0 Å². The molecular formula is C14H16BrNO2. The molecule has 0 amide bonds. The highest BCUT2D eigenvalue weighted by Gasteiger charge is 2.12. The van der Waals surface area contributed by atoms with E-state index in [0.717, 1.165) is 15.6 Å². The van der Waals surface area contributed by atoms with Crippen molar-refractivity contribution in [3.05, 3.63) is 40.9 Å². The van der Waals surface area contributed by atoms with Crippen LogP contribution in [0.1, 0.15) is 0 Å². The maximum Gasteiger partial charge on any atom is 0.134 e. The van der Waals surface area contributed by atoms with E-state index in [-0.39, 0.29) is 6.10 Å². The van der Waals surface area contributed by atoms with Gasteiger partial charge in [0.15, 0.2) is 0 Å². The van der Waals surface area contributed by atoms with Gasteiger partial charge in [-0.15, -0.1) is 0 Å². The van der Waals surface area contributed by atoms with Gasteiger partial charge in [0.2, 0.25) is 0 Å². The Kier molecular flexibility index (Phi) is 4.58. The molecule has 4 heteroatoms. The standard InChI is InChI=1S/C14H16BrNO2/c1-17-9-11(8-16)18-13-7-6-10-4-2-3-5-12(10)14(13)15/h2-7,11H,8-9,16H2,1H3. The van der Waals surface area contributed by atoms with Gasteiger partial charge in [-0.2, -0.15) is 0 Å². The van der Waals surface area contributed by atoms with Gasteiger partial charge >= 0.3 is 0 Å². The second-order valence-electron chi connectivity index (χ2n) is 4.03. The van der Waals surface area contributed by atoms with Crippen molar-refractivity contribution in [1.29, 1.82) is 0 Å². The molecule has 1 atom stereocenters. The van der Waals surface area contributed by atoms with Crippen LogP contribution in [0.5, 0.6) is 5.75 Å². The van der Waals surface area contributed by atoms with Crippen LogP contribution < -0.4 is 10.5 Å². The van der Waals surface area contributed by atoms with Crippen molar-refractivity contribution in [2.24, 2.45) is 5.73 Å². The minimum atomic E-state index is -0.132. The molecule has 2 rings (SSSR count). The fraction of sp³-hybridized carbons (Fsp3) is 0.286. The van der Waals surface area contributed by atoms with Gasteiger partial charge < -0.3 is 15.2 Å². The Labute approximate surface area is 115 Å². The molecule has 0 fully saturated rings. The average Bonchev–Trinajstić information content (AvgIpc) is 2.41. The minimum absolute atomic E-state index is 0.132. The normalized spacial score (nSPS) is 12.6. The molecule has 0 aliphatic rings. The van der Waals surface area contributed by atoms with E-state index >= 15 is 0 Å². The molecule has 0 spiro atoms. The molecule has 0 saturated heterocycles. The van der Waals surface area contributed by atoms with Crippen molar-refractivity contribution >= 4 is 26.7 Å². The number of halogens is 1. The molecule has 0 aromatic heterocycles. The topological polar surface area (TPSA) is 44.5 Å². The summed E-state index contributed by atoms with van der Waals surface area (Å²) in [6.07, 6.45) is -0.132. The molecule has 3 nitrogen and oxygen atoms in total. The highest BCUT2D eigenvalue weighted by molar-refractivity contribution is 9.10. The first-order valence-corrected chi connectivity index (χ1v) is 6.58. The van der Waals surface area contributed by atoms with Crippen molar-refractivity contribution in [2.75, 3.05) is 20.3 Å². The van der Waals surface area contributed by atoms with Gasteiger partial charge in [0.05, 0.1) is 11.1 Å². The Hall–Kier alpha value is -1.10. The van der Waals surface area contributed by atoms with Crippen LogP contribution in [0.25, 0.3) is 10.8 Å². The fourth-order valence-electron chi connectivity index (χ4n) is 1.82. The van der Waals surface area contributed by atoms with E-state index in [0.29, 0.717) is 13.2 Å². The molecular weight excluding hydrogens is 294 g/mol. The number of benzene rings is 2. The third-order valence-corrected chi connectivity index (χ3v) is 3.55. The predicted molar refractivity (Wildman–Crippen MR) is 77.0 cm³/mol. The van der Waals surface area contributed by atoms with Gasteiger partial charge in [-0.3, -0.25) is 0 Å². The molecule has 0 saturated carbocycles. The largest absolute Gasteiger partial charge is 0.485 e. The Morgan fingerprint density at radius 2 is 2.00 bits per heavy atom. The summed E-state index contributed by atoms with van der Waals surface area (Å²) >= 11 is 3.58. The van der Waals surface area contributed by atoms with Crippen LogP contribution in [0.15, 0.2) is 40.9 Å². The molecule has 0 aliphatic carbocycles. The van der Waals surface area contributed by atoms with Crippen molar-refractivity contribution in [1.82, 2.24) is 0 Å². The van der Waals surface area contributed by atoms with Crippen molar-refractivity contribution in [3.63, 3.8) is 0 Å². The summed E-state index contributed by atoms with van der Waals surface area (Å²) in [4.78, 5) is 0. The lowest BCUT2D eigenvalue weighted by atomic mass is 10.1. The molecule has 0 aliphatic heterocycles. The number of hydrogen-bond acceptors (Lipinski definition) is 3. The van der Waals surface area contributed by atoms with E-state index in [1.165, 1.54) is 5.39 Å². The highest BCUT2D eigenvalue weighted by atomic mass is 79.9. The smallest absolute Gasteiger partial charge is 0.134 e. The SMILES string of the molecule is COCC(CN)Oc1ccc2ccccc2c1Br. The number of methoxy groups -OCH3 is 1. The molecule has 1 unspecified atom stereocenters. The lowest BCUT2D eigenvalue weighted by Gasteiger charge is -2.18. The van der Waals surface area contributed by atoms with Gasteiger partial charge in [0.25, 0.3) is 0 Å². The van der Waals surface area contributed by atoms with Crippen LogP contribution >= 0.6 is 15.9 Å². The molecule has 2 N–H and O–H groups in total. The lowest BCUT2D eigenvalue weighted by molar-refractivity contribution is 0.0856. The second-order valence-corrected chi connectivity index (χ2v) is 4.82. The Morgan fingerprint density at radius 1 is 1.22 bits per heavy atom. The zero-order valence-electron chi connectivity index (χ0n) is 10.2.